The fourth-order valence-corrected chi connectivity index (χ4v) is 2.77. The molecule has 0 atom stereocenters. The number of quaternary nitrogens is 1. The van der Waals surface area contributed by atoms with Gasteiger partial charge < -0.3 is 4.90 Å². The lowest BCUT2D eigenvalue weighted by Crippen LogP contribution is -3.13. The van der Waals surface area contributed by atoms with Gasteiger partial charge in [-0.2, -0.15) is 0 Å². The van der Waals surface area contributed by atoms with E-state index < -0.39 is 0 Å². The summed E-state index contributed by atoms with van der Waals surface area (Å²) in [6.45, 7) is 4.16. The molecule has 1 aliphatic rings. The normalized spacial score (nSPS) is 19.1. The van der Waals surface area contributed by atoms with Crippen molar-refractivity contribution in [1.82, 2.24) is 0 Å². The third-order valence-corrected chi connectivity index (χ3v) is 3.80. The van der Waals surface area contributed by atoms with Crippen molar-refractivity contribution in [2.24, 2.45) is 0 Å². The van der Waals surface area contributed by atoms with Crippen LogP contribution in [-0.2, 0) is 6.42 Å². The molecule has 0 aromatic carbocycles. The molecule has 0 unspecified atom stereocenters. The Labute approximate surface area is 84.4 Å². The van der Waals surface area contributed by atoms with Crippen LogP contribution < -0.4 is 4.90 Å². The molecule has 1 nitrogen and oxygen atoms in total. The van der Waals surface area contributed by atoms with E-state index in [-0.39, 0.29) is 0 Å². The third-order valence-electron chi connectivity index (χ3n) is 2.87. The highest BCUT2D eigenvalue weighted by atomic mass is 32.1. The molecule has 1 N–H and O–H groups in total. The molecule has 1 saturated heterocycles. The molecule has 1 fully saturated rings. The van der Waals surface area contributed by atoms with Gasteiger partial charge in [0.2, 0.25) is 0 Å². The van der Waals surface area contributed by atoms with E-state index in [9.17, 15) is 0 Å². The number of nitrogens with one attached hydrogen (secondary N) is 1. The quantitative estimate of drug-likeness (QED) is 0.744. The molecule has 1 aromatic heterocycles. The second kappa shape index (κ2) is 4.77. The van der Waals surface area contributed by atoms with E-state index in [1.807, 2.05) is 16.2 Å². The Kier molecular flexibility index (Phi) is 3.39. The van der Waals surface area contributed by atoms with Gasteiger partial charge in [0.05, 0.1) is 19.6 Å². The lowest BCUT2D eigenvalue weighted by molar-refractivity contribution is -0.904. The first-order chi connectivity index (χ1) is 6.45. The second-order valence-corrected chi connectivity index (χ2v) is 4.92. The van der Waals surface area contributed by atoms with Crippen molar-refractivity contribution < 1.29 is 4.90 Å². The minimum atomic E-state index is 1.28. The van der Waals surface area contributed by atoms with Crippen LogP contribution in [0.4, 0.5) is 0 Å². The van der Waals surface area contributed by atoms with Gasteiger partial charge in [-0.05, 0) is 30.7 Å². The Balaban J connectivity index is 1.72. The van der Waals surface area contributed by atoms with Crippen LogP contribution in [0.2, 0.25) is 0 Å². The van der Waals surface area contributed by atoms with Crippen LogP contribution in [-0.4, -0.2) is 19.6 Å². The van der Waals surface area contributed by atoms with Crippen molar-refractivity contribution in [3.63, 3.8) is 0 Å². The van der Waals surface area contributed by atoms with E-state index in [2.05, 4.69) is 17.5 Å². The molecule has 0 saturated carbocycles. The van der Waals surface area contributed by atoms with Gasteiger partial charge in [-0.25, -0.2) is 0 Å². The fraction of sp³-hybridized carbons (Fsp3) is 0.636. The van der Waals surface area contributed by atoms with Crippen LogP contribution in [0.1, 0.15) is 24.1 Å². The molecular weight excluding hydrogens is 178 g/mol. The Hall–Kier alpha value is -0.340. The summed E-state index contributed by atoms with van der Waals surface area (Å²) >= 11 is 1.90. The van der Waals surface area contributed by atoms with Crippen LogP contribution in [0.15, 0.2) is 17.5 Å². The number of likely N-dealkylation sites (tertiary alicyclic amines) is 1. The van der Waals surface area contributed by atoms with Gasteiger partial charge in [0.25, 0.3) is 0 Å². The molecule has 13 heavy (non-hydrogen) atoms. The highest BCUT2D eigenvalue weighted by molar-refractivity contribution is 7.09. The first kappa shape index (κ1) is 9.22. The molecule has 2 heteroatoms. The third kappa shape index (κ3) is 2.82. The van der Waals surface area contributed by atoms with Crippen molar-refractivity contribution in [2.75, 3.05) is 19.6 Å². The zero-order valence-corrected chi connectivity index (χ0v) is 8.91. The van der Waals surface area contributed by atoms with Crippen LogP contribution >= 0.6 is 11.3 Å². The maximum absolute atomic E-state index is 2.26. The molecule has 1 aliphatic heterocycles. The van der Waals surface area contributed by atoms with Gasteiger partial charge >= 0.3 is 0 Å². The molecule has 2 rings (SSSR count). The number of thiophene rings is 1. The number of hydrogen-bond acceptors (Lipinski definition) is 1. The summed E-state index contributed by atoms with van der Waals surface area (Å²) in [6.07, 6.45) is 5.63. The summed E-state index contributed by atoms with van der Waals surface area (Å²) in [6, 6.07) is 4.42. The van der Waals surface area contributed by atoms with E-state index in [4.69, 9.17) is 0 Å². The average Bonchev–Trinajstić information content (AvgIpc) is 2.69. The van der Waals surface area contributed by atoms with Crippen LogP contribution in [0.5, 0.6) is 0 Å². The number of hydrogen-bond donors (Lipinski definition) is 1. The van der Waals surface area contributed by atoms with Gasteiger partial charge in [-0.15, -0.1) is 11.3 Å². The molecule has 0 radical (unpaired) electrons. The van der Waals surface area contributed by atoms with Crippen LogP contribution in [0.3, 0.4) is 0 Å². The van der Waals surface area contributed by atoms with Crippen molar-refractivity contribution in [2.45, 2.75) is 25.7 Å². The summed E-state index contributed by atoms with van der Waals surface area (Å²) in [4.78, 5) is 3.37. The molecule has 0 aliphatic carbocycles. The summed E-state index contributed by atoms with van der Waals surface area (Å²) in [5.41, 5.74) is 0. The highest BCUT2D eigenvalue weighted by Gasteiger charge is 2.12. The minimum Gasteiger partial charge on any atom is -0.335 e. The maximum atomic E-state index is 2.26. The lowest BCUT2D eigenvalue weighted by Gasteiger charge is -2.23. The topological polar surface area (TPSA) is 4.44 Å². The second-order valence-electron chi connectivity index (χ2n) is 3.89. The summed E-state index contributed by atoms with van der Waals surface area (Å²) in [5.74, 6) is 0. The monoisotopic (exact) mass is 196 g/mol. The van der Waals surface area contributed by atoms with Crippen molar-refractivity contribution in [1.29, 1.82) is 0 Å². The molecule has 1 aromatic rings. The van der Waals surface area contributed by atoms with Crippen LogP contribution in [0, 0.1) is 0 Å². The van der Waals surface area contributed by atoms with Gasteiger partial charge in [-0.3, -0.25) is 0 Å². The molecular formula is C11H18NS+. The maximum Gasteiger partial charge on any atom is 0.0819 e. The Bertz CT molecular complexity index is 224. The van der Waals surface area contributed by atoms with Crippen molar-refractivity contribution >= 4 is 11.3 Å². The Morgan fingerprint density at radius 3 is 2.77 bits per heavy atom. The predicted molar refractivity (Wildman–Crippen MR) is 57.4 cm³/mol. The Morgan fingerprint density at radius 1 is 1.23 bits per heavy atom. The van der Waals surface area contributed by atoms with E-state index in [1.165, 1.54) is 45.3 Å². The minimum absolute atomic E-state index is 1.28. The van der Waals surface area contributed by atoms with E-state index >= 15 is 0 Å². The molecule has 72 valence electrons. The van der Waals surface area contributed by atoms with Crippen molar-refractivity contribution in [3.8, 4) is 0 Å². The highest BCUT2D eigenvalue weighted by Crippen LogP contribution is 2.07. The molecule has 2 heterocycles. The first-order valence-electron chi connectivity index (χ1n) is 5.31. The van der Waals surface area contributed by atoms with Gasteiger partial charge in [0.15, 0.2) is 0 Å². The van der Waals surface area contributed by atoms with Gasteiger partial charge in [-0.1, -0.05) is 6.07 Å². The summed E-state index contributed by atoms with van der Waals surface area (Å²) in [7, 11) is 0. The molecule has 0 spiro atoms. The standard InChI is InChI=1S/C11H17NS/c1-2-7-12(8-3-1)9-6-11-5-4-10-13-11/h4-5,10H,1-3,6-9H2/p+1. The molecule has 0 bridgehead atoms. The van der Waals surface area contributed by atoms with E-state index in [1.54, 1.807) is 4.88 Å². The zero-order chi connectivity index (χ0) is 8.93. The summed E-state index contributed by atoms with van der Waals surface area (Å²) in [5, 5.41) is 2.18. The van der Waals surface area contributed by atoms with Crippen molar-refractivity contribution in [3.05, 3.63) is 22.4 Å². The summed E-state index contributed by atoms with van der Waals surface area (Å²) < 4.78 is 0. The van der Waals surface area contributed by atoms with E-state index in [0.29, 0.717) is 0 Å². The SMILES string of the molecule is c1csc(CC[NH+]2CCCCC2)c1. The van der Waals surface area contributed by atoms with Crippen LogP contribution in [0.25, 0.3) is 0 Å². The zero-order valence-electron chi connectivity index (χ0n) is 8.09. The number of piperidine rings is 1. The lowest BCUT2D eigenvalue weighted by atomic mass is 10.1. The smallest absolute Gasteiger partial charge is 0.0819 e. The van der Waals surface area contributed by atoms with Gasteiger partial charge in [0.1, 0.15) is 0 Å². The first-order valence-corrected chi connectivity index (χ1v) is 6.19. The van der Waals surface area contributed by atoms with Gasteiger partial charge in [0, 0.05) is 11.3 Å². The fourth-order valence-electron chi connectivity index (χ4n) is 2.06. The van der Waals surface area contributed by atoms with E-state index in [0.717, 1.165) is 0 Å². The number of rotatable bonds is 3. The average molecular weight is 196 g/mol. The largest absolute Gasteiger partial charge is 0.335 e. The Morgan fingerprint density at radius 2 is 2.08 bits per heavy atom. The predicted octanol–water partition coefficient (Wildman–Crippen LogP) is 1.36. The molecule has 0 amide bonds.